The van der Waals surface area contributed by atoms with Gasteiger partial charge in [0.25, 0.3) is 0 Å². The summed E-state index contributed by atoms with van der Waals surface area (Å²) in [5.41, 5.74) is 0.885. The van der Waals surface area contributed by atoms with Crippen molar-refractivity contribution in [1.82, 2.24) is 9.29 Å². The molecule has 0 spiro atoms. The Kier molecular flexibility index (Phi) is 4.91. The summed E-state index contributed by atoms with van der Waals surface area (Å²) in [5.74, 6) is 0.586. The lowest BCUT2D eigenvalue weighted by Crippen LogP contribution is -2.26. The predicted molar refractivity (Wildman–Crippen MR) is 99.0 cm³/mol. The SMILES string of the molecule is COc1ccc(S(=O)(=O)N(C)Cc2nc3ccccc3s2)cc1Br. The maximum atomic E-state index is 12.7. The van der Waals surface area contributed by atoms with Crippen LogP contribution >= 0.6 is 27.3 Å². The van der Waals surface area contributed by atoms with E-state index in [-0.39, 0.29) is 11.4 Å². The van der Waals surface area contributed by atoms with Gasteiger partial charge in [0.1, 0.15) is 10.8 Å². The van der Waals surface area contributed by atoms with E-state index in [9.17, 15) is 8.42 Å². The van der Waals surface area contributed by atoms with E-state index in [0.29, 0.717) is 10.2 Å². The molecule has 0 fully saturated rings. The number of halogens is 1. The van der Waals surface area contributed by atoms with Gasteiger partial charge in [-0.3, -0.25) is 0 Å². The summed E-state index contributed by atoms with van der Waals surface area (Å²) in [7, 11) is -0.517. The third-order valence-corrected chi connectivity index (χ3v) is 6.97. The van der Waals surface area contributed by atoms with Crippen molar-refractivity contribution in [2.75, 3.05) is 14.2 Å². The van der Waals surface area contributed by atoms with Crippen LogP contribution in [0.2, 0.25) is 0 Å². The first-order valence-corrected chi connectivity index (χ1v) is 10.1. The quantitative estimate of drug-likeness (QED) is 0.620. The minimum atomic E-state index is -3.61. The molecule has 0 saturated carbocycles. The molecule has 0 bridgehead atoms. The van der Waals surface area contributed by atoms with Crippen LogP contribution in [0.4, 0.5) is 0 Å². The van der Waals surface area contributed by atoms with Crippen LogP contribution in [0.1, 0.15) is 5.01 Å². The summed E-state index contributed by atoms with van der Waals surface area (Å²) < 4.78 is 33.6. The molecule has 1 heterocycles. The molecule has 126 valence electrons. The summed E-state index contributed by atoms with van der Waals surface area (Å²) >= 11 is 4.82. The summed E-state index contributed by atoms with van der Waals surface area (Å²) in [6.45, 7) is 0.228. The molecule has 5 nitrogen and oxygen atoms in total. The lowest BCUT2D eigenvalue weighted by Gasteiger charge is -2.16. The van der Waals surface area contributed by atoms with Crippen molar-refractivity contribution >= 4 is 47.5 Å². The van der Waals surface area contributed by atoms with Crippen LogP contribution in [0.3, 0.4) is 0 Å². The number of rotatable bonds is 5. The molecule has 0 N–H and O–H groups in total. The van der Waals surface area contributed by atoms with Gasteiger partial charge in [-0.25, -0.2) is 13.4 Å². The van der Waals surface area contributed by atoms with Crippen LogP contribution in [0.25, 0.3) is 10.2 Å². The van der Waals surface area contributed by atoms with Gasteiger partial charge in [-0.1, -0.05) is 12.1 Å². The maximum absolute atomic E-state index is 12.7. The van der Waals surface area contributed by atoms with Gasteiger partial charge in [-0.05, 0) is 46.3 Å². The number of ether oxygens (including phenoxy) is 1. The normalized spacial score (nSPS) is 12.0. The summed E-state index contributed by atoms with van der Waals surface area (Å²) in [6.07, 6.45) is 0. The van der Waals surface area contributed by atoms with Gasteiger partial charge in [-0.15, -0.1) is 11.3 Å². The zero-order chi connectivity index (χ0) is 17.3. The van der Waals surface area contributed by atoms with Crippen LogP contribution in [0.5, 0.6) is 5.75 Å². The van der Waals surface area contributed by atoms with Crippen LogP contribution in [-0.2, 0) is 16.6 Å². The van der Waals surface area contributed by atoms with Crippen LogP contribution in [0, 0.1) is 0 Å². The number of thiazole rings is 1. The van der Waals surface area contributed by atoms with E-state index in [2.05, 4.69) is 20.9 Å². The van der Waals surface area contributed by atoms with Crippen molar-refractivity contribution in [2.45, 2.75) is 11.4 Å². The molecule has 0 aliphatic rings. The van der Waals surface area contributed by atoms with E-state index in [0.717, 1.165) is 15.2 Å². The number of para-hydroxylation sites is 1. The van der Waals surface area contributed by atoms with Gasteiger partial charge >= 0.3 is 0 Å². The topological polar surface area (TPSA) is 59.5 Å². The molecule has 3 aromatic rings. The lowest BCUT2D eigenvalue weighted by molar-refractivity contribution is 0.411. The van der Waals surface area contributed by atoms with E-state index in [1.54, 1.807) is 19.2 Å². The second-order valence-corrected chi connectivity index (χ2v) is 9.15. The molecular formula is C16H15BrN2O3S2. The average Bonchev–Trinajstić information content (AvgIpc) is 2.96. The highest BCUT2D eigenvalue weighted by molar-refractivity contribution is 9.10. The fraction of sp³-hybridized carbons (Fsp3) is 0.188. The highest BCUT2D eigenvalue weighted by Crippen LogP contribution is 2.29. The smallest absolute Gasteiger partial charge is 0.243 e. The number of sulfonamides is 1. The van der Waals surface area contributed by atoms with E-state index < -0.39 is 10.0 Å². The largest absolute Gasteiger partial charge is 0.496 e. The second kappa shape index (κ2) is 6.79. The molecule has 0 aliphatic heterocycles. The number of nitrogens with zero attached hydrogens (tertiary/aromatic N) is 2. The number of hydrogen-bond donors (Lipinski definition) is 0. The van der Waals surface area contributed by atoms with E-state index in [1.807, 2.05) is 24.3 Å². The molecule has 0 amide bonds. The molecule has 0 aliphatic carbocycles. The predicted octanol–water partition coefficient (Wildman–Crippen LogP) is 3.89. The second-order valence-electron chi connectivity index (χ2n) is 5.13. The number of fused-ring (bicyclic) bond motifs is 1. The Morgan fingerprint density at radius 2 is 2.00 bits per heavy atom. The minimum Gasteiger partial charge on any atom is -0.496 e. The van der Waals surface area contributed by atoms with Gasteiger partial charge in [0.15, 0.2) is 0 Å². The first kappa shape index (κ1) is 17.3. The number of aromatic nitrogens is 1. The highest BCUT2D eigenvalue weighted by Gasteiger charge is 2.23. The van der Waals surface area contributed by atoms with Gasteiger partial charge < -0.3 is 4.74 Å². The standard InChI is InChI=1S/C16H15BrN2O3S2/c1-19(10-16-18-13-5-3-4-6-15(13)23-16)24(20,21)11-7-8-14(22-2)12(17)9-11/h3-9H,10H2,1-2H3. The maximum Gasteiger partial charge on any atom is 0.243 e. The number of methoxy groups -OCH3 is 1. The first-order chi connectivity index (χ1) is 11.4. The Morgan fingerprint density at radius 3 is 2.67 bits per heavy atom. The molecule has 1 aromatic heterocycles. The molecule has 24 heavy (non-hydrogen) atoms. The molecule has 0 unspecified atom stereocenters. The Hall–Kier alpha value is -1.48. The van der Waals surface area contributed by atoms with E-state index in [1.165, 1.54) is 28.8 Å². The van der Waals surface area contributed by atoms with Gasteiger partial charge in [0.2, 0.25) is 10.0 Å². The van der Waals surface area contributed by atoms with Crippen molar-refractivity contribution in [1.29, 1.82) is 0 Å². The average molecular weight is 427 g/mol. The Balaban J connectivity index is 1.87. The Labute approximate surface area is 153 Å². The number of benzene rings is 2. The first-order valence-electron chi connectivity index (χ1n) is 7.06. The third-order valence-electron chi connectivity index (χ3n) is 3.53. The zero-order valence-corrected chi connectivity index (χ0v) is 16.3. The minimum absolute atomic E-state index is 0.207. The van der Waals surface area contributed by atoms with Gasteiger partial charge in [-0.2, -0.15) is 4.31 Å². The zero-order valence-electron chi connectivity index (χ0n) is 13.1. The summed E-state index contributed by atoms with van der Waals surface area (Å²) in [6, 6.07) is 12.5. The van der Waals surface area contributed by atoms with E-state index >= 15 is 0 Å². The molecule has 0 atom stereocenters. The molecule has 0 saturated heterocycles. The number of hydrogen-bond acceptors (Lipinski definition) is 5. The molecule has 2 aromatic carbocycles. The van der Waals surface area contributed by atoms with Crippen molar-refractivity contribution in [3.05, 3.63) is 51.9 Å². The van der Waals surface area contributed by atoms with Crippen LogP contribution in [-0.4, -0.2) is 31.9 Å². The van der Waals surface area contributed by atoms with Gasteiger partial charge in [0.05, 0.1) is 33.2 Å². The summed E-state index contributed by atoms with van der Waals surface area (Å²) in [4.78, 5) is 4.70. The fourth-order valence-electron chi connectivity index (χ4n) is 2.25. The Morgan fingerprint density at radius 1 is 1.25 bits per heavy atom. The Bertz CT molecular complexity index is 953. The van der Waals surface area contributed by atoms with Crippen molar-refractivity contribution in [3.63, 3.8) is 0 Å². The molecular weight excluding hydrogens is 412 g/mol. The van der Waals surface area contributed by atoms with E-state index in [4.69, 9.17) is 4.74 Å². The highest BCUT2D eigenvalue weighted by atomic mass is 79.9. The van der Waals surface area contributed by atoms with Gasteiger partial charge in [0, 0.05) is 7.05 Å². The molecule has 3 rings (SSSR count). The van der Waals surface area contributed by atoms with Crippen LogP contribution < -0.4 is 4.74 Å². The lowest BCUT2D eigenvalue weighted by atomic mass is 10.3. The van der Waals surface area contributed by atoms with Crippen LogP contribution in [0.15, 0.2) is 51.8 Å². The molecule has 0 radical (unpaired) electrons. The molecule has 8 heteroatoms. The fourth-order valence-corrected chi connectivity index (χ4v) is 5.20. The monoisotopic (exact) mass is 426 g/mol. The van der Waals surface area contributed by atoms with Crippen molar-refractivity contribution < 1.29 is 13.2 Å². The van der Waals surface area contributed by atoms with Crippen molar-refractivity contribution in [3.8, 4) is 5.75 Å². The summed E-state index contributed by atoms with van der Waals surface area (Å²) in [5, 5.41) is 0.759. The van der Waals surface area contributed by atoms with Crippen molar-refractivity contribution in [2.24, 2.45) is 0 Å². The third kappa shape index (κ3) is 3.32.